The average molecular weight is 285 g/mol. The average Bonchev–Trinajstić information content (AvgIpc) is 2.73. The monoisotopic (exact) mass is 285 g/mol. The summed E-state index contributed by atoms with van der Waals surface area (Å²) in [7, 11) is 0. The third kappa shape index (κ3) is 5.57. The number of nitrogens with zero attached hydrogens (tertiary/aromatic N) is 1. The summed E-state index contributed by atoms with van der Waals surface area (Å²) in [6, 6.07) is -0.300. The van der Waals surface area contributed by atoms with Gasteiger partial charge in [-0.2, -0.15) is 0 Å². The third-order valence-corrected chi connectivity index (χ3v) is 4.02. The summed E-state index contributed by atoms with van der Waals surface area (Å²) in [6.07, 6.45) is 0.661. The van der Waals surface area contributed by atoms with E-state index in [0.717, 1.165) is 10.7 Å². The van der Waals surface area contributed by atoms with Crippen LogP contribution in [0.15, 0.2) is 5.38 Å². The number of amides is 2. The Labute approximate surface area is 118 Å². The van der Waals surface area contributed by atoms with Gasteiger partial charge in [0.2, 0.25) is 0 Å². The molecule has 3 N–H and O–H groups in total. The van der Waals surface area contributed by atoms with E-state index in [-0.39, 0.29) is 24.1 Å². The van der Waals surface area contributed by atoms with Gasteiger partial charge in [0.05, 0.1) is 6.04 Å². The van der Waals surface area contributed by atoms with E-state index >= 15 is 0 Å². The van der Waals surface area contributed by atoms with Crippen LogP contribution in [0.4, 0.5) is 4.79 Å². The molecule has 0 saturated heterocycles. The largest absolute Gasteiger partial charge is 0.396 e. The second kappa shape index (κ2) is 6.86. The van der Waals surface area contributed by atoms with Crippen molar-refractivity contribution >= 4 is 17.4 Å². The van der Waals surface area contributed by atoms with E-state index in [0.29, 0.717) is 13.0 Å². The van der Waals surface area contributed by atoms with E-state index in [2.05, 4.69) is 15.6 Å². The molecule has 0 spiro atoms. The van der Waals surface area contributed by atoms with Gasteiger partial charge in [-0.15, -0.1) is 11.3 Å². The Kier molecular flexibility index (Phi) is 5.75. The highest BCUT2D eigenvalue weighted by Gasteiger charge is 2.19. The number of nitrogens with one attached hydrogen (secondary N) is 2. The Hall–Kier alpha value is -1.14. The van der Waals surface area contributed by atoms with Crippen LogP contribution in [0.3, 0.4) is 0 Å². The molecule has 5 nitrogen and oxygen atoms in total. The van der Waals surface area contributed by atoms with Crippen LogP contribution in [-0.2, 0) is 0 Å². The van der Waals surface area contributed by atoms with Gasteiger partial charge in [0.1, 0.15) is 5.01 Å². The number of carbonyl (C=O) groups excluding carboxylic acids is 1. The van der Waals surface area contributed by atoms with Gasteiger partial charge in [0.25, 0.3) is 0 Å². The molecule has 1 heterocycles. The lowest BCUT2D eigenvalue weighted by atomic mass is 9.90. The van der Waals surface area contributed by atoms with Gasteiger partial charge in [-0.25, -0.2) is 9.78 Å². The van der Waals surface area contributed by atoms with Crippen molar-refractivity contribution in [1.29, 1.82) is 0 Å². The number of aliphatic hydroxyl groups is 1. The van der Waals surface area contributed by atoms with Crippen LogP contribution in [0, 0.1) is 12.3 Å². The van der Waals surface area contributed by atoms with Gasteiger partial charge in [0.15, 0.2) is 0 Å². The van der Waals surface area contributed by atoms with Gasteiger partial charge >= 0.3 is 6.03 Å². The number of carbonyl (C=O) groups is 1. The number of rotatable bonds is 6. The van der Waals surface area contributed by atoms with E-state index < -0.39 is 0 Å². The molecule has 0 aliphatic rings. The molecule has 19 heavy (non-hydrogen) atoms. The van der Waals surface area contributed by atoms with Crippen LogP contribution in [0.1, 0.15) is 43.9 Å². The lowest BCUT2D eigenvalue weighted by Crippen LogP contribution is -2.41. The molecule has 0 fully saturated rings. The maximum absolute atomic E-state index is 11.8. The second-order valence-corrected chi connectivity index (χ2v) is 6.40. The first kappa shape index (κ1) is 15.9. The molecule has 0 aliphatic heterocycles. The third-order valence-electron chi connectivity index (χ3n) is 2.87. The Morgan fingerprint density at radius 1 is 1.58 bits per heavy atom. The van der Waals surface area contributed by atoms with E-state index in [1.54, 1.807) is 11.3 Å². The molecular formula is C13H23N3O2S. The van der Waals surface area contributed by atoms with Crippen molar-refractivity contribution in [1.82, 2.24) is 15.6 Å². The van der Waals surface area contributed by atoms with Crippen LogP contribution in [0.5, 0.6) is 0 Å². The van der Waals surface area contributed by atoms with Crippen molar-refractivity contribution in [3.05, 3.63) is 16.1 Å². The van der Waals surface area contributed by atoms with Crippen LogP contribution in [-0.4, -0.2) is 29.3 Å². The van der Waals surface area contributed by atoms with Crippen molar-refractivity contribution in [2.24, 2.45) is 5.41 Å². The molecule has 2 amide bonds. The van der Waals surface area contributed by atoms with Gasteiger partial charge in [-0.1, -0.05) is 13.8 Å². The molecule has 1 unspecified atom stereocenters. The topological polar surface area (TPSA) is 74.2 Å². The summed E-state index contributed by atoms with van der Waals surface area (Å²) in [5, 5.41) is 17.5. The first-order valence-corrected chi connectivity index (χ1v) is 7.29. The maximum atomic E-state index is 11.8. The van der Waals surface area contributed by atoms with Crippen LogP contribution >= 0.6 is 11.3 Å². The van der Waals surface area contributed by atoms with E-state index in [1.165, 1.54) is 0 Å². The minimum Gasteiger partial charge on any atom is -0.396 e. The Balaban J connectivity index is 2.39. The first-order valence-electron chi connectivity index (χ1n) is 6.41. The molecule has 0 radical (unpaired) electrons. The molecule has 1 aromatic heterocycles. The fraction of sp³-hybridized carbons (Fsp3) is 0.692. The molecule has 0 aliphatic carbocycles. The maximum Gasteiger partial charge on any atom is 0.315 e. The van der Waals surface area contributed by atoms with Crippen LogP contribution in [0.2, 0.25) is 0 Å². The van der Waals surface area contributed by atoms with Gasteiger partial charge < -0.3 is 15.7 Å². The van der Waals surface area contributed by atoms with Gasteiger partial charge in [0, 0.05) is 24.2 Å². The molecule has 0 aromatic carbocycles. The number of hydrogen-bond donors (Lipinski definition) is 3. The highest BCUT2D eigenvalue weighted by atomic mass is 32.1. The van der Waals surface area contributed by atoms with E-state index in [9.17, 15) is 4.79 Å². The van der Waals surface area contributed by atoms with Crippen molar-refractivity contribution in [3.63, 3.8) is 0 Å². The molecular weight excluding hydrogens is 262 g/mol. The standard InChI is InChI=1S/C13H23N3O2S/c1-9-7-19-11(15-9)10(2)16-12(18)14-8-13(3,4)5-6-17/h7,10,17H,5-6,8H2,1-4H3,(H2,14,16,18). The predicted octanol–water partition coefficient (Wildman–Crippen LogP) is 2.22. The van der Waals surface area contributed by atoms with Crippen molar-refractivity contribution < 1.29 is 9.90 Å². The van der Waals surface area contributed by atoms with Crippen molar-refractivity contribution in [3.8, 4) is 0 Å². The Bertz CT molecular complexity index is 418. The summed E-state index contributed by atoms with van der Waals surface area (Å²) in [5.41, 5.74) is 0.866. The Morgan fingerprint density at radius 2 is 2.26 bits per heavy atom. The summed E-state index contributed by atoms with van der Waals surface area (Å²) in [5.74, 6) is 0. The zero-order chi connectivity index (χ0) is 14.5. The quantitative estimate of drug-likeness (QED) is 0.750. The molecule has 1 rings (SSSR count). The molecule has 108 valence electrons. The number of aliphatic hydroxyl groups excluding tert-OH is 1. The van der Waals surface area contributed by atoms with Gasteiger partial charge in [-0.05, 0) is 25.7 Å². The lowest BCUT2D eigenvalue weighted by Gasteiger charge is -2.24. The van der Waals surface area contributed by atoms with Crippen LogP contribution in [0.25, 0.3) is 0 Å². The lowest BCUT2D eigenvalue weighted by molar-refractivity contribution is 0.200. The molecule has 1 aromatic rings. The van der Waals surface area contributed by atoms with Gasteiger partial charge in [-0.3, -0.25) is 0 Å². The second-order valence-electron chi connectivity index (χ2n) is 5.51. The number of aryl methyl sites for hydroxylation is 1. The zero-order valence-electron chi connectivity index (χ0n) is 12.0. The normalized spacial score (nSPS) is 13.1. The number of thiazole rings is 1. The predicted molar refractivity (Wildman–Crippen MR) is 77.3 cm³/mol. The summed E-state index contributed by atoms with van der Waals surface area (Å²) >= 11 is 1.54. The fourth-order valence-corrected chi connectivity index (χ4v) is 2.39. The van der Waals surface area contributed by atoms with E-state index in [4.69, 9.17) is 5.11 Å². The summed E-state index contributed by atoms with van der Waals surface area (Å²) in [4.78, 5) is 16.1. The zero-order valence-corrected chi connectivity index (χ0v) is 12.8. The summed E-state index contributed by atoms with van der Waals surface area (Å²) < 4.78 is 0. The Morgan fingerprint density at radius 3 is 2.79 bits per heavy atom. The molecule has 6 heteroatoms. The minimum absolute atomic E-state index is 0.0975. The first-order chi connectivity index (χ1) is 8.84. The highest BCUT2D eigenvalue weighted by Crippen LogP contribution is 2.19. The number of urea groups is 1. The van der Waals surface area contributed by atoms with E-state index in [1.807, 2.05) is 33.1 Å². The van der Waals surface area contributed by atoms with Crippen molar-refractivity contribution in [2.75, 3.05) is 13.2 Å². The molecule has 1 atom stereocenters. The smallest absolute Gasteiger partial charge is 0.315 e. The minimum atomic E-state index is -0.202. The number of hydrogen-bond acceptors (Lipinski definition) is 4. The van der Waals surface area contributed by atoms with Crippen molar-refractivity contribution in [2.45, 2.75) is 40.2 Å². The number of aromatic nitrogens is 1. The van der Waals surface area contributed by atoms with Crippen LogP contribution < -0.4 is 10.6 Å². The molecule has 0 saturated carbocycles. The highest BCUT2D eigenvalue weighted by molar-refractivity contribution is 7.09. The molecule has 0 bridgehead atoms. The fourth-order valence-electron chi connectivity index (χ4n) is 1.59. The summed E-state index contributed by atoms with van der Waals surface area (Å²) in [6.45, 7) is 8.53. The SMILES string of the molecule is Cc1csc(C(C)NC(=O)NCC(C)(C)CCO)n1.